The molecule has 0 aromatic heterocycles. The lowest BCUT2D eigenvalue weighted by atomic mass is 9.99. The van der Waals surface area contributed by atoms with Gasteiger partial charge in [0.05, 0.1) is 26.2 Å². The van der Waals surface area contributed by atoms with Gasteiger partial charge in [-0.1, -0.05) is 12.1 Å². The second-order valence-corrected chi connectivity index (χ2v) is 8.71. The average Bonchev–Trinajstić information content (AvgIpc) is 2.73. The number of carbonyl (C=O) groups is 1. The fourth-order valence-corrected chi connectivity index (χ4v) is 5.05. The summed E-state index contributed by atoms with van der Waals surface area (Å²) in [5, 5.41) is 2.92. The van der Waals surface area contributed by atoms with Crippen molar-refractivity contribution in [2.45, 2.75) is 19.4 Å². The van der Waals surface area contributed by atoms with Crippen LogP contribution in [0, 0.1) is 5.92 Å². The highest BCUT2D eigenvalue weighted by Crippen LogP contribution is 2.22. The highest BCUT2D eigenvalue weighted by atomic mass is 32.2. The molecule has 2 aliphatic rings. The molecular formula is C18H27N3O5S. The van der Waals surface area contributed by atoms with Crippen LogP contribution in [0.25, 0.3) is 0 Å². The van der Waals surface area contributed by atoms with Gasteiger partial charge in [0.25, 0.3) is 10.2 Å². The first kappa shape index (κ1) is 20.1. The minimum atomic E-state index is -3.53. The summed E-state index contributed by atoms with van der Waals surface area (Å²) in [6.07, 6.45) is 1.38. The SMILES string of the molecule is COc1ccc(CNC(=O)[C@@H]2CCCN(S(=O)(=O)N3CCOCC3)C2)cc1. The highest BCUT2D eigenvalue weighted by Gasteiger charge is 2.36. The van der Waals surface area contributed by atoms with Gasteiger partial charge in [-0.15, -0.1) is 0 Å². The number of benzene rings is 1. The number of hydrogen-bond donors (Lipinski definition) is 1. The van der Waals surface area contributed by atoms with Crippen LogP contribution in [0.5, 0.6) is 5.75 Å². The fraction of sp³-hybridized carbons (Fsp3) is 0.611. The minimum absolute atomic E-state index is 0.104. The summed E-state index contributed by atoms with van der Waals surface area (Å²) < 4.78 is 38.9. The molecule has 0 spiro atoms. The summed E-state index contributed by atoms with van der Waals surface area (Å²) in [6.45, 7) is 2.67. The van der Waals surface area contributed by atoms with Crippen molar-refractivity contribution in [1.29, 1.82) is 0 Å². The standard InChI is InChI=1S/C18H27N3O5S/c1-25-17-6-4-15(5-7-17)13-19-18(22)16-3-2-8-21(14-16)27(23,24)20-9-11-26-12-10-20/h4-7,16H,2-3,8-14H2,1H3,(H,19,22)/t16-/m1/s1. The van der Waals surface area contributed by atoms with E-state index in [1.54, 1.807) is 7.11 Å². The van der Waals surface area contributed by atoms with E-state index >= 15 is 0 Å². The van der Waals surface area contributed by atoms with Crippen LogP contribution in [-0.2, 0) is 26.3 Å². The van der Waals surface area contributed by atoms with E-state index in [4.69, 9.17) is 9.47 Å². The van der Waals surface area contributed by atoms with Gasteiger partial charge in [-0.05, 0) is 30.5 Å². The molecule has 2 fully saturated rings. The summed E-state index contributed by atoms with van der Waals surface area (Å²) in [5.74, 6) is 0.335. The van der Waals surface area contributed by atoms with Crippen LogP contribution in [0.2, 0.25) is 0 Å². The molecule has 9 heteroatoms. The Morgan fingerprint density at radius 1 is 1.19 bits per heavy atom. The molecule has 0 aliphatic carbocycles. The van der Waals surface area contributed by atoms with E-state index in [9.17, 15) is 13.2 Å². The molecule has 150 valence electrons. The minimum Gasteiger partial charge on any atom is -0.497 e. The van der Waals surface area contributed by atoms with E-state index in [-0.39, 0.29) is 18.4 Å². The molecule has 0 unspecified atom stereocenters. The summed E-state index contributed by atoms with van der Waals surface area (Å²) in [7, 11) is -1.93. The molecular weight excluding hydrogens is 370 g/mol. The molecule has 3 rings (SSSR count). The Kier molecular flexibility index (Phi) is 6.69. The molecule has 8 nitrogen and oxygen atoms in total. The molecule has 1 amide bonds. The Bertz CT molecular complexity index is 732. The van der Waals surface area contributed by atoms with Crippen molar-refractivity contribution < 1.29 is 22.7 Å². The van der Waals surface area contributed by atoms with E-state index in [1.165, 1.54) is 8.61 Å². The van der Waals surface area contributed by atoms with Crippen molar-refractivity contribution >= 4 is 16.1 Å². The first-order valence-electron chi connectivity index (χ1n) is 9.24. The molecule has 0 radical (unpaired) electrons. The zero-order valence-electron chi connectivity index (χ0n) is 15.6. The van der Waals surface area contributed by atoms with E-state index < -0.39 is 10.2 Å². The summed E-state index contributed by atoms with van der Waals surface area (Å²) in [4.78, 5) is 12.6. The molecule has 27 heavy (non-hydrogen) atoms. The molecule has 2 saturated heterocycles. The molecule has 0 saturated carbocycles. The van der Waals surface area contributed by atoms with Crippen LogP contribution in [0.3, 0.4) is 0 Å². The van der Waals surface area contributed by atoms with E-state index in [0.717, 1.165) is 11.3 Å². The number of rotatable bonds is 6. The first-order chi connectivity index (χ1) is 13.0. The van der Waals surface area contributed by atoms with Crippen molar-refractivity contribution in [3.05, 3.63) is 29.8 Å². The monoisotopic (exact) mass is 397 g/mol. The molecule has 1 atom stereocenters. The average molecular weight is 397 g/mol. The fourth-order valence-electron chi connectivity index (χ4n) is 3.38. The maximum Gasteiger partial charge on any atom is 0.282 e. The van der Waals surface area contributed by atoms with Crippen LogP contribution < -0.4 is 10.1 Å². The number of hydrogen-bond acceptors (Lipinski definition) is 5. The van der Waals surface area contributed by atoms with Crippen LogP contribution in [0.15, 0.2) is 24.3 Å². The van der Waals surface area contributed by atoms with Gasteiger partial charge in [0, 0.05) is 32.7 Å². The maximum absolute atomic E-state index is 12.8. The van der Waals surface area contributed by atoms with Crippen LogP contribution >= 0.6 is 0 Å². The Morgan fingerprint density at radius 2 is 1.89 bits per heavy atom. The maximum atomic E-state index is 12.8. The first-order valence-corrected chi connectivity index (χ1v) is 10.6. The number of morpholine rings is 1. The molecule has 1 aromatic carbocycles. The number of amides is 1. The molecule has 2 aliphatic heterocycles. The number of methoxy groups -OCH3 is 1. The Morgan fingerprint density at radius 3 is 2.56 bits per heavy atom. The molecule has 1 aromatic rings. The normalized spacial score (nSPS) is 22.3. The number of nitrogens with one attached hydrogen (secondary N) is 1. The second kappa shape index (κ2) is 9.01. The number of nitrogens with zero attached hydrogens (tertiary/aromatic N) is 2. The van der Waals surface area contributed by atoms with Gasteiger partial charge in [-0.2, -0.15) is 17.0 Å². The highest BCUT2D eigenvalue weighted by molar-refractivity contribution is 7.86. The van der Waals surface area contributed by atoms with Gasteiger partial charge in [-0.3, -0.25) is 4.79 Å². The molecule has 2 heterocycles. The number of ether oxygens (including phenoxy) is 2. The van der Waals surface area contributed by atoms with Gasteiger partial charge in [0.2, 0.25) is 5.91 Å². The summed E-state index contributed by atoms with van der Waals surface area (Å²) in [5.41, 5.74) is 0.970. The van der Waals surface area contributed by atoms with Crippen molar-refractivity contribution in [2.75, 3.05) is 46.5 Å². The van der Waals surface area contributed by atoms with Crippen molar-refractivity contribution in [2.24, 2.45) is 5.92 Å². The van der Waals surface area contributed by atoms with Gasteiger partial charge in [0.15, 0.2) is 0 Å². The van der Waals surface area contributed by atoms with E-state index in [0.29, 0.717) is 52.2 Å². The van der Waals surface area contributed by atoms with Gasteiger partial charge < -0.3 is 14.8 Å². The lowest BCUT2D eigenvalue weighted by Gasteiger charge is -2.36. The van der Waals surface area contributed by atoms with Gasteiger partial charge >= 0.3 is 0 Å². The predicted octanol–water partition coefficient (Wildman–Crippen LogP) is 0.600. The van der Waals surface area contributed by atoms with Crippen LogP contribution in [-0.4, -0.2) is 69.4 Å². The largest absolute Gasteiger partial charge is 0.497 e. The molecule has 1 N–H and O–H groups in total. The Hall–Kier alpha value is -1.68. The third-order valence-electron chi connectivity index (χ3n) is 5.00. The zero-order valence-corrected chi connectivity index (χ0v) is 16.4. The summed E-state index contributed by atoms with van der Waals surface area (Å²) >= 11 is 0. The number of carbonyl (C=O) groups excluding carboxylic acids is 1. The quantitative estimate of drug-likeness (QED) is 0.760. The van der Waals surface area contributed by atoms with Crippen LogP contribution in [0.1, 0.15) is 18.4 Å². The zero-order chi connectivity index (χ0) is 19.3. The summed E-state index contributed by atoms with van der Waals surface area (Å²) in [6, 6.07) is 7.49. The predicted molar refractivity (Wildman–Crippen MR) is 100 cm³/mol. The van der Waals surface area contributed by atoms with Crippen molar-refractivity contribution in [3.63, 3.8) is 0 Å². The smallest absolute Gasteiger partial charge is 0.282 e. The third-order valence-corrected chi connectivity index (χ3v) is 7.01. The third kappa shape index (κ3) is 4.98. The van der Waals surface area contributed by atoms with Crippen molar-refractivity contribution in [1.82, 2.24) is 13.9 Å². The van der Waals surface area contributed by atoms with Gasteiger partial charge in [0.1, 0.15) is 5.75 Å². The Labute approximate surface area is 160 Å². The lowest BCUT2D eigenvalue weighted by Crippen LogP contribution is -2.52. The van der Waals surface area contributed by atoms with E-state index in [2.05, 4.69) is 5.32 Å². The van der Waals surface area contributed by atoms with Gasteiger partial charge in [-0.25, -0.2) is 0 Å². The van der Waals surface area contributed by atoms with Crippen molar-refractivity contribution in [3.8, 4) is 5.75 Å². The lowest BCUT2D eigenvalue weighted by molar-refractivity contribution is -0.126. The molecule has 0 bridgehead atoms. The Balaban J connectivity index is 1.55. The second-order valence-electron chi connectivity index (χ2n) is 6.78. The van der Waals surface area contributed by atoms with E-state index in [1.807, 2.05) is 24.3 Å². The van der Waals surface area contributed by atoms with Crippen LogP contribution in [0.4, 0.5) is 0 Å². The number of piperidine rings is 1. The topological polar surface area (TPSA) is 88.2 Å².